The van der Waals surface area contributed by atoms with Crippen molar-refractivity contribution in [2.45, 2.75) is 40.7 Å². The second-order valence-corrected chi connectivity index (χ2v) is 6.64. The van der Waals surface area contributed by atoms with Crippen LogP contribution in [-0.2, 0) is 17.8 Å². The molecule has 0 amide bonds. The van der Waals surface area contributed by atoms with Gasteiger partial charge in [0.2, 0.25) is 0 Å². The maximum absolute atomic E-state index is 12.5. The number of hydrogen-bond acceptors (Lipinski definition) is 4. The average molecular weight is 294 g/mol. The number of thiophene rings is 1. The van der Waals surface area contributed by atoms with E-state index in [0.29, 0.717) is 11.2 Å². The molecule has 2 aromatic rings. The van der Waals surface area contributed by atoms with Crippen LogP contribution in [0.25, 0.3) is 10.2 Å². The lowest BCUT2D eigenvalue weighted by Gasteiger charge is -2.21. The van der Waals surface area contributed by atoms with E-state index >= 15 is 0 Å². The molecule has 0 unspecified atom stereocenters. The second-order valence-electron chi connectivity index (χ2n) is 5.52. The van der Waals surface area contributed by atoms with E-state index in [0.717, 1.165) is 16.1 Å². The van der Waals surface area contributed by atoms with Gasteiger partial charge in [0.1, 0.15) is 10.7 Å². The molecular formula is C14H18N2O3S. The van der Waals surface area contributed by atoms with Gasteiger partial charge in [-0.15, -0.1) is 11.3 Å². The van der Waals surface area contributed by atoms with Gasteiger partial charge in [-0.25, -0.2) is 4.98 Å². The van der Waals surface area contributed by atoms with E-state index in [1.54, 1.807) is 20.8 Å². The first-order valence-corrected chi connectivity index (χ1v) is 7.31. The highest BCUT2D eigenvalue weighted by Crippen LogP contribution is 2.23. The molecule has 0 aliphatic rings. The van der Waals surface area contributed by atoms with E-state index in [-0.39, 0.29) is 12.1 Å². The van der Waals surface area contributed by atoms with E-state index in [1.165, 1.54) is 15.9 Å². The Labute approximate surface area is 120 Å². The average Bonchev–Trinajstić information content (AvgIpc) is 2.77. The van der Waals surface area contributed by atoms with E-state index < -0.39 is 11.4 Å². The molecular weight excluding hydrogens is 276 g/mol. The van der Waals surface area contributed by atoms with Crippen molar-refractivity contribution in [1.82, 2.24) is 9.55 Å². The lowest BCUT2D eigenvalue weighted by atomic mass is 9.93. The summed E-state index contributed by atoms with van der Waals surface area (Å²) in [6.07, 6.45) is 0.861. The summed E-state index contributed by atoms with van der Waals surface area (Å²) in [4.78, 5) is 30.0. The molecule has 5 nitrogen and oxygen atoms in total. The number of aliphatic carboxylic acids is 1. The minimum Gasteiger partial charge on any atom is -0.481 e. The van der Waals surface area contributed by atoms with Crippen LogP contribution in [0.3, 0.4) is 0 Å². The fraction of sp³-hybridized carbons (Fsp3) is 0.500. The van der Waals surface area contributed by atoms with Crippen molar-refractivity contribution in [3.8, 4) is 0 Å². The van der Waals surface area contributed by atoms with Gasteiger partial charge in [0, 0.05) is 11.4 Å². The molecule has 0 atom stereocenters. The summed E-state index contributed by atoms with van der Waals surface area (Å²) < 4.78 is 1.46. The van der Waals surface area contributed by atoms with Crippen LogP contribution in [0.5, 0.6) is 0 Å². The van der Waals surface area contributed by atoms with Gasteiger partial charge < -0.3 is 5.11 Å². The highest BCUT2D eigenvalue weighted by Gasteiger charge is 2.29. The fourth-order valence-electron chi connectivity index (χ4n) is 1.99. The zero-order chi connectivity index (χ0) is 15.1. The zero-order valence-corrected chi connectivity index (χ0v) is 12.9. The normalized spacial score (nSPS) is 12.0. The zero-order valence-electron chi connectivity index (χ0n) is 12.1. The van der Waals surface area contributed by atoms with Gasteiger partial charge >= 0.3 is 5.97 Å². The lowest BCUT2D eigenvalue weighted by molar-refractivity contribution is -0.147. The molecule has 0 aliphatic heterocycles. The smallest absolute Gasteiger partial charge is 0.310 e. The van der Waals surface area contributed by atoms with Crippen molar-refractivity contribution in [2.75, 3.05) is 0 Å². The third kappa shape index (κ3) is 2.47. The Bertz CT molecular complexity index is 728. The number of carboxylic acids is 1. The lowest BCUT2D eigenvalue weighted by Crippen LogP contribution is -2.35. The summed E-state index contributed by atoms with van der Waals surface area (Å²) in [5, 5.41) is 9.79. The van der Waals surface area contributed by atoms with Crippen LogP contribution < -0.4 is 5.56 Å². The van der Waals surface area contributed by atoms with Crippen LogP contribution in [0.2, 0.25) is 0 Å². The summed E-state index contributed by atoms with van der Waals surface area (Å²) in [6, 6.07) is 1.86. The van der Waals surface area contributed by atoms with Gasteiger partial charge in [0.25, 0.3) is 5.56 Å². The topological polar surface area (TPSA) is 72.2 Å². The molecule has 0 saturated carbocycles. The maximum Gasteiger partial charge on any atom is 0.310 e. The van der Waals surface area contributed by atoms with Crippen molar-refractivity contribution < 1.29 is 9.90 Å². The van der Waals surface area contributed by atoms with Crippen molar-refractivity contribution in [3.63, 3.8) is 0 Å². The quantitative estimate of drug-likeness (QED) is 0.940. The summed E-state index contributed by atoms with van der Waals surface area (Å²) >= 11 is 1.52. The minimum absolute atomic E-state index is 0.118. The largest absolute Gasteiger partial charge is 0.481 e. The molecule has 0 radical (unpaired) electrons. The molecule has 0 spiro atoms. The first kappa shape index (κ1) is 14.7. The highest BCUT2D eigenvalue weighted by atomic mass is 32.1. The van der Waals surface area contributed by atoms with Crippen molar-refractivity contribution >= 4 is 27.5 Å². The summed E-state index contributed by atoms with van der Waals surface area (Å²) in [6.45, 7) is 7.11. The van der Waals surface area contributed by atoms with Gasteiger partial charge in [0.05, 0.1) is 10.8 Å². The molecule has 0 aromatic carbocycles. The number of fused-ring (bicyclic) bond motifs is 1. The van der Waals surface area contributed by atoms with Gasteiger partial charge in [0.15, 0.2) is 0 Å². The first-order chi connectivity index (χ1) is 9.26. The van der Waals surface area contributed by atoms with Crippen molar-refractivity contribution in [2.24, 2.45) is 5.41 Å². The SMILES string of the molecule is CCc1cc2c(=O)n(CC(C)(C)C(=O)O)c(C)nc2s1. The first-order valence-electron chi connectivity index (χ1n) is 6.49. The Hall–Kier alpha value is -1.69. The Morgan fingerprint density at radius 3 is 2.70 bits per heavy atom. The maximum atomic E-state index is 12.5. The third-order valence-electron chi connectivity index (χ3n) is 3.37. The second kappa shape index (κ2) is 5.01. The number of carbonyl (C=O) groups is 1. The molecule has 0 fully saturated rings. The number of aryl methyl sites for hydroxylation is 2. The van der Waals surface area contributed by atoms with Gasteiger partial charge in [-0.2, -0.15) is 0 Å². The number of nitrogens with zero attached hydrogens (tertiary/aromatic N) is 2. The Morgan fingerprint density at radius 2 is 2.15 bits per heavy atom. The molecule has 108 valence electrons. The summed E-state index contributed by atoms with van der Waals surface area (Å²) in [7, 11) is 0. The molecule has 2 heterocycles. The molecule has 0 aliphatic carbocycles. The van der Waals surface area contributed by atoms with E-state index in [4.69, 9.17) is 0 Å². The van der Waals surface area contributed by atoms with Crippen LogP contribution in [0.15, 0.2) is 10.9 Å². The van der Waals surface area contributed by atoms with Crippen LogP contribution >= 0.6 is 11.3 Å². The van der Waals surface area contributed by atoms with Crippen molar-refractivity contribution in [3.05, 3.63) is 27.1 Å². The molecule has 6 heteroatoms. The summed E-state index contributed by atoms with van der Waals surface area (Å²) in [5.41, 5.74) is -1.16. The van der Waals surface area contributed by atoms with Gasteiger partial charge in [-0.3, -0.25) is 14.2 Å². The van der Waals surface area contributed by atoms with Gasteiger partial charge in [-0.1, -0.05) is 6.92 Å². The number of carboxylic acid groups (broad SMARTS) is 1. The highest BCUT2D eigenvalue weighted by molar-refractivity contribution is 7.18. The molecule has 2 aromatic heterocycles. The minimum atomic E-state index is -1.01. The molecule has 20 heavy (non-hydrogen) atoms. The van der Waals surface area contributed by atoms with E-state index in [2.05, 4.69) is 4.98 Å². The van der Waals surface area contributed by atoms with Crippen LogP contribution in [-0.4, -0.2) is 20.6 Å². The van der Waals surface area contributed by atoms with E-state index in [1.807, 2.05) is 13.0 Å². The Morgan fingerprint density at radius 1 is 1.50 bits per heavy atom. The predicted molar refractivity (Wildman–Crippen MR) is 79.4 cm³/mol. The standard InChI is InChI=1S/C14H18N2O3S/c1-5-9-6-10-11(20-9)15-8(2)16(12(10)17)7-14(3,4)13(18)19/h6H,5,7H2,1-4H3,(H,18,19). The monoisotopic (exact) mass is 294 g/mol. The number of rotatable bonds is 4. The Kier molecular flexibility index (Phi) is 3.69. The molecule has 0 saturated heterocycles. The van der Waals surface area contributed by atoms with Gasteiger partial charge in [-0.05, 0) is 33.3 Å². The van der Waals surface area contributed by atoms with E-state index in [9.17, 15) is 14.7 Å². The molecule has 0 bridgehead atoms. The van der Waals surface area contributed by atoms with Crippen molar-refractivity contribution in [1.29, 1.82) is 0 Å². The number of hydrogen-bond donors (Lipinski definition) is 1. The van der Waals surface area contributed by atoms with Crippen LogP contribution in [0.4, 0.5) is 0 Å². The van der Waals surface area contributed by atoms with Crippen LogP contribution in [0, 0.1) is 12.3 Å². The summed E-state index contributed by atoms with van der Waals surface area (Å²) in [5.74, 6) is -0.371. The number of aromatic nitrogens is 2. The fourth-order valence-corrected chi connectivity index (χ4v) is 2.99. The molecule has 1 N–H and O–H groups in total. The predicted octanol–water partition coefficient (Wildman–Crippen LogP) is 2.44. The van der Waals surface area contributed by atoms with Crippen LogP contribution in [0.1, 0.15) is 31.5 Å². The molecule has 2 rings (SSSR count). The third-order valence-corrected chi connectivity index (χ3v) is 4.55. The Balaban J connectivity index is 2.59.